The molecule has 0 N–H and O–H groups in total. The van der Waals surface area contributed by atoms with E-state index in [1.807, 2.05) is 18.2 Å². The number of halogens is 1. The van der Waals surface area contributed by atoms with Crippen molar-refractivity contribution in [2.24, 2.45) is 5.92 Å². The van der Waals surface area contributed by atoms with Gasteiger partial charge in [0.15, 0.2) is 0 Å². The average molecular weight is 367 g/mol. The number of piperidine rings is 1. The zero-order chi connectivity index (χ0) is 17.8. The molecule has 7 heteroatoms. The second-order valence-corrected chi connectivity index (χ2v) is 6.93. The van der Waals surface area contributed by atoms with E-state index in [9.17, 15) is 9.59 Å². The van der Waals surface area contributed by atoms with Crippen LogP contribution in [-0.2, 0) is 14.3 Å². The minimum Gasteiger partial charge on any atom is -0.485 e. The molecule has 6 nitrogen and oxygen atoms in total. The largest absolute Gasteiger partial charge is 0.485 e. The molecule has 1 aromatic rings. The van der Waals surface area contributed by atoms with E-state index in [2.05, 4.69) is 0 Å². The first-order valence-corrected chi connectivity index (χ1v) is 8.93. The molecule has 2 heterocycles. The molecule has 0 bridgehead atoms. The Hall–Kier alpha value is -1.79. The maximum atomic E-state index is 12.6. The van der Waals surface area contributed by atoms with Gasteiger partial charge in [-0.15, -0.1) is 0 Å². The number of hydrogen-bond acceptors (Lipinski definition) is 4. The molecular formula is C18H23ClN2O4. The Balaban J connectivity index is 1.48. The summed E-state index contributed by atoms with van der Waals surface area (Å²) < 4.78 is 10.7. The zero-order valence-electron chi connectivity index (χ0n) is 14.3. The predicted octanol–water partition coefficient (Wildman–Crippen LogP) is 1.81. The molecule has 2 aliphatic rings. The van der Waals surface area contributed by atoms with Crippen LogP contribution in [0.2, 0.25) is 5.02 Å². The highest BCUT2D eigenvalue weighted by Crippen LogP contribution is 2.28. The van der Waals surface area contributed by atoms with E-state index in [1.54, 1.807) is 15.9 Å². The number of carbonyl (C=O) groups is 2. The Bertz CT molecular complexity index is 633. The van der Waals surface area contributed by atoms with Gasteiger partial charge in [0.05, 0.1) is 24.0 Å². The van der Waals surface area contributed by atoms with E-state index in [1.165, 1.54) is 7.11 Å². The van der Waals surface area contributed by atoms with Crippen LogP contribution in [0.5, 0.6) is 5.75 Å². The average Bonchev–Trinajstić information content (AvgIpc) is 2.59. The summed E-state index contributed by atoms with van der Waals surface area (Å²) in [4.78, 5) is 28.1. The molecule has 0 aliphatic carbocycles. The van der Waals surface area contributed by atoms with Gasteiger partial charge in [0.25, 0.3) is 0 Å². The first-order chi connectivity index (χ1) is 12.1. The number of nitrogens with zero attached hydrogens (tertiary/aromatic N) is 2. The van der Waals surface area contributed by atoms with Crippen LogP contribution in [0.1, 0.15) is 12.8 Å². The van der Waals surface area contributed by atoms with Crippen LogP contribution < -0.4 is 4.74 Å². The third kappa shape index (κ3) is 4.25. The fourth-order valence-corrected chi connectivity index (χ4v) is 3.47. The van der Waals surface area contributed by atoms with E-state index in [0.29, 0.717) is 37.0 Å². The van der Waals surface area contributed by atoms with Crippen molar-refractivity contribution in [3.8, 4) is 5.75 Å². The van der Waals surface area contributed by atoms with Gasteiger partial charge in [0, 0.05) is 20.2 Å². The number of para-hydroxylation sites is 1. The number of likely N-dealkylation sites (tertiary alicyclic amines) is 2. The molecule has 3 rings (SSSR count). The van der Waals surface area contributed by atoms with Crippen LogP contribution in [0.4, 0.5) is 0 Å². The van der Waals surface area contributed by atoms with Crippen LogP contribution in [-0.4, -0.2) is 67.6 Å². The molecule has 2 saturated heterocycles. The summed E-state index contributed by atoms with van der Waals surface area (Å²) in [6.07, 6.45) is 1.64. The smallest absolute Gasteiger partial charge is 0.248 e. The molecule has 25 heavy (non-hydrogen) atoms. The lowest BCUT2D eigenvalue weighted by Gasteiger charge is -2.42. The number of rotatable bonds is 5. The van der Waals surface area contributed by atoms with Gasteiger partial charge in [0.1, 0.15) is 18.5 Å². The number of hydrogen-bond donors (Lipinski definition) is 0. The Morgan fingerprint density at radius 1 is 1.20 bits per heavy atom. The highest BCUT2D eigenvalue weighted by Gasteiger charge is 2.38. The zero-order valence-corrected chi connectivity index (χ0v) is 15.1. The number of ether oxygens (including phenoxy) is 2. The molecule has 1 aromatic carbocycles. The predicted molar refractivity (Wildman–Crippen MR) is 93.6 cm³/mol. The van der Waals surface area contributed by atoms with E-state index >= 15 is 0 Å². The molecule has 136 valence electrons. The molecule has 0 aromatic heterocycles. The summed E-state index contributed by atoms with van der Waals surface area (Å²) in [6.45, 7) is 2.37. The maximum absolute atomic E-state index is 12.6. The third-order valence-electron chi connectivity index (χ3n) is 4.68. The monoisotopic (exact) mass is 366 g/mol. The number of amides is 2. The molecule has 0 radical (unpaired) electrons. The van der Waals surface area contributed by atoms with Crippen molar-refractivity contribution < 1.29 is 19.1 Å². The van der Waals surface area contributed by atoms with Crippen molar-refractivity contribution in [3.63, 3.8) is 0 Å². The van der Waals surface area contributed by atoms with Gasteiger partial charge >= 0.3 is 0 Å². The van der Waals surface area contributed by atoms with Crippen LogP contribution in [0.25, 0.3) is 0 Å². The van der Waals surface area contributed by atoms with Gasteiger partial charge in [-0.05, 0) is 25.0 Å². The highest BCUT2D eigenvalue weighted by molar-refractivity contribution is 6.32. The van der Waals surface area contributed by atoms with Gasteiger partial charge in [-0.1, -0.05) is 23.7 Å². The van der Waals surface area contributed by atoms with Crippen LogP contribution in [0.15, 0.2) is 24.3 Å². The van der Waals surface area contributed by atoms with E-state index in [0.717, 1.165) is 12.8 Å². The maximum Gasteiger partial charge on any atom is 0.248 e. The lowest BCUT2D eigenvalue weighted by molar-refractivity contribution is -0.148. The first-order valence-electron chi connectivity index (χ1n) is 8.55. The lowest BCUT2D eigenvalue weighted by Crippen LogP contribution is -2.59. The Morgan fingerprint density at radius 2 is 1.96 bits per heavy atom. The third-order valence-corrected chi connectivity index (χ3v) is 4.99. The Morgan fingerprint density at radius 3 is 2.68 bits per heavy atom. The van der Waals surface area contributed by atoms with Crippen molar-refractivity contribution in [1.29, 1.82) is 0 Å². The van der Waals surface area contributed by atoms with Gasteiger partial charge in [-0.25, -0.2) is 0 Å². The second kappa shape index (κ2) is 8.06. The summed E-state index contributed by atoms with van der Waals surface area (Å²) >= 11 is 6.09. The molecule has 0 saturated carbocycles. The molecule has 2 amide bonds. The minimum atomic E-state index is -0.129. The van der Waals surface area contributed by atoms with E-state index < -0.39 is 0 Å². The van der Waals surface area contributed by atoms with Crippen molar-refractivity contribution >= 4 is 23.4 Å². The minimum absolute atomic E-state index is 0.0290. The van der Waals surface area contributed by atoms with Crippen molar-refractivity contribution in [1.82, 2.24) is 9.80 Å². The van der Waals surface area contributed by atoms with E-state index in [4.69, 9.17) is 21.1 Å². The number of methoxy groups -OCH3 is 1. The summed E-state index contributed by atoms with van der Waals surface area (Å²) in [6, 6.07) is 7.33. The molecular weight excluding hydrogens is 344 g/mol. The molecule has 2 aliphatic heterocycles. The summed E-state index contributed by atoms with van der Waals surface area (Å²) in [5, 5.41) is 0.576. The Kier molecular flexibility index (Phi) is 5.81. The van der Waals surface area contributed by atoms with Crippen LogP contribution in [0.3, 0.4) is 0 Å². The molecule has 0 unspecified atom stereocenters. The normalized spacial score (nSPS) is 21.0. The SMILES string of the molecule is COCC(=O)N1CCC[C@H](C(=O)N2CC(Oc3ccccc3Cl)C2)C1. The van der Waals surface area contributed by atoms with Gasteiger partial charge in [0.2, 0.25) is 11.8 Å². The first kappa shape index (κ1) is 18.0. The lowest BCUT2D eigenvalue weighted by atomic mass is 9.94. The number of carbonyl (C=O) groups excluding carboxylic acids is 2. The van der Waals surface area contributed by atoms with E-state index in [-0.39, 0.29) is 30.4 Å². The second-order valence-electron chi connectivity index (χ2n) is 6.53. The standard InChI is InChI=1S/C18H23ClN2O4/c1-24-12-17(22)20-8-4-5-13(9-20)18(23)21-10-14(11-21)25-16-7-3-2-6-15(16)19/h2-3,6-7,13-14H,4-5,8-12H2,1H3/t13-/m0/s1. The fourth-order valence-electron chi connectivity index (χ4n) is 3.29. The molecule has 2 fully saturated rings. The van der Waals surface area contributed by atoms with Crippen molar-refractivity contribution in [2.75, 3.05) is 39.9 Å². The molecule has 1 atom stereocenters. The highest BCUT2D eigenvalue weighted by atomic mass is 35.5. The summed E-state index contributed by atoms with van der Waals surface area (Å²) in [5.41, 5.74) is 0. The molecule has 0 spiro atoms. The van der Waals surface area contributed by atoms with Gasteiger partial charge in [-0.3, -0.25) is 9.59 Å². The van der Waals surface area contributed by atoms with Crippen molar-refractivity contribution in [2.45, 2.75) is 18.9 Å². The number of benzene rings is 1. The van der Waals surface area contributed by atoms with Crippen LogP contribution >= 0.6 is 11.6 Å². The van der Waals surface area contributed by atoms with Gasteiger partial charge < -0.3 is 19.3 Å². The van der Waals surface area contributed by atoms with Crippen molar-refractivity contribution in [3.05, 3.63) is 29.3 Å². The van der Waals surface area contributed by atoms with Crippen LogP contribution in [0, 0.1) is 5.92 Å². The topological polar surface area (TPSA) is 59.1 Å². The summed E-state index contributed by atoms with van der Waals surface area (Å²) in [7, 11) is 1.50. The fraction of sp³-hybridized carbons (Fsp3) is 0.556. The van der Waals surface area contributed by atoms with Gasteiger partial charge in [-0.2, -0.15) is 0 Å². The Labute approximate surface area is 152 Å². The quantitative estimate of drug-likeness (QED) is 0.797. The summed E-state index contributed by atoms with van der Waals surface area (Å²) in [5.74, 6) is 0.573.